The summed E-state index contributed by atoms with van der Waals surface area (Å²) in [5.41, 5.74) is 0.982. The molecule has 0 aromatic heterocycles. The molecule has 0 spiro atoms. The van der Waals surface area contributed by atoms with E-state index >= 15 is 0 Å². The molecule has 1 aliphatic heterocycles. The van der Waals surface area contributed by atoms with Gasteiger partial charge in [0.05, 0.1) is 16.2 Å². The highest BCUT2D eigenvalue weighted by molar-refractivity contribution is 7.92. The standard InChI is InChI=1S/C19H22O4S/c1-2-22-19-14-17(24(20,21)16-11-7-4-8-12-16)13-18(23-19)15-9-5-3-6-10-15/h3-12,17-19H,2,13-14H2,1H3/t17-,18-,19+/m0/s1. The first-order valence-electron chi connectivity index (χ1n) is 8.22. The molecule has 2 aromatic rings. The summed E-state index contributed by atoms with van der Waals surface area (Å²) in [7, 11) is -3.41. The first-order valence-corrected chi connectivity index (χ1v) is 9.77. The van der Waals surface area contributed by atoms with Gasteiger partial charge < -0.3 is 9.47 Å². The van der Waals surface area contributed by atoms with Crippen LogP contribution in [0, 0.1) is 0 Å². The van der Waals surface area contributed by atoms with Crippen molar-refractivity contribution in [1.29, 1.82) is 0 Å². The van der Waals surface area contributed by atoms with Crippen LogP contribution in [-0.2, 0) is 19.3 Å². The van der Waals surface area contributed by atoms with E-state index < -0.39 is 21.4 Å². The maximum absolute atomic E-state index is 13.0. The number of hydrogen-bond acceptors (Lipinski definition) is 4. The first-order chi connectivity index (χ1) is 11.6. The van der Waals surface area contributed by atoms with Crippen LogP contribution in [0.15, 0.2) is 65.6 Å². The minimum atomic E-state index is -3.41. The van der Waals surface area contributed by atoms with E-state index in [4.69, 9.17) is 9.47 Å². The molecule has 5 heteroatoms. The SMILES string of the molecule is CCO[C@H]1C[C@@H](S(=O)(=O)c2ccccc2)C[C@@H](c2ccccc2)O1. The zero-order chi connectivity index (χ0) is 17.0. The molecule has 0 aliphatic carbocycles. The molecule has 2 aromatic carbocycles. The van der Waals surface area contributed by atoms with E-state index in [0.29, 0.717) is 24.3 Å². The van der Waals surface area contributed by atoms with Crippen molar-refractivity contribution in [3.8, 4) is 0 Å². The van der Waals surface area contributed by atoms with Gasteiger partial charge in [-0.2, -0.15) is 0 Å². The van der Waals surface area contributed by atoms with Gasteiger partial charge in [-0.3, -0.25) is 0 Å². The van der Waals surface area contributed by atoms with E-state index in [1.165, 1.54) is 0 Å². The second-order valence-corrected chi connectivity index (χ2v) is 8.10. The van der Waals surface area contributed by atoms with Gasteiger partial charge in [0.25, 0.3) is 0 Å². The Kier molecular flexibility index (Phi) is 5.33. The van der Waals surface area contributed by atoms with E-state index in [0.717, 1.165) is 5.56 Å². The predicted octanol–water partition coefficient (Wildman–Crippen LogP) is 3.74. The molecule has 24 heavy (non-hydrogen) atoms. The van der Waals surface area contributed by atoms with Crippen LogP contribution in [0.25, 0.3) is 0 Å². The van der Waals surface area contributed by atoms with Gasteiger partial charge in [0.1, 0.15) is 0 Å². The predicted molar refractivity (Wildman–Crippen MR) is 92.3 cm³/mol. The third kappa shape index (κ3) is 3.69. The number of rotatable bonds is 5. The molecule has 0 N–H and O–H groups in total. The number of ether oxygens (including phenoxy) is 2. The smallest absolute Gasteiger partial charge is 0.181 e. The van der Waals surface area contributed by atoms with Gasteiger partial charge in [0.2, 0.25) is 0 Å². The van der Waals surface area contributed by atoms with Crippen LogP contribution in [0.1, 0.15) is 31.4 Å². The summed E-state index contributed by atoms with van der Waals surface area (Å²) in [5.74, 6) is 0. The molecule has 4 nitrogen and oxygen atoms in total. The summed E-state index contributed by atoms with van der Waals surface area (Å²) in [4.78, 5) is 0.360. The molecule has 3 atom stereocenters. The van der Waals surface area contributed by atoms with Crippen LogP contribution < -0.4 is 0 Å². The van der Waals surface area contributed by atoms with Crippen LogP contribution in [0.5, 0.6) is 0 Å². The summed E-state index contributed by atoms with van der Waals surface area (Å²) in [6.45, 7) is 2.38. The van der Waals surface area contributed by atoms with Crippen molar-refractivity contribution in [2.75, 3.05) is 6.61 Å². The third-order valence-electron chi connectivity index (χ3n) is 4.28. The summed E-state index contributed by atoms with van der Waals surface area (Å²) >= 11 is 0. The third-order valence-corrected chi connectivity index (χ3v) is 6.47. The molecule has 0 radical (unpaired) electrons. The molecule has 1 fully saturated rings. The maximum Gasteiger partial charge on any atom is 0.181 e. The minimum Gasteiger partial charge on any atom is -0.353 e. The Hall–Kier alpha value is -1.69. The van der Waals surface area contributed by atoms with Gasteiger partial charge in [-0.1, -0.05) is 48.5 Å². The molecule has 3 rings (SSSR count). The molecule has 0 bridgehead atoms. The van der Waals surface area contributed by atoms with Gasteiger partial charge in [-0.25, -0.2) is 8.42 Å². The van der Waals surface area contributed by atoms with Gasteiger partial charge in [-0.15, -0.1) is 0 Å². The fraction of sp³-hybridized carbons (Fsp3) is 0.368. The van der Waals surface area contributed by atoms with Gasteiger partial charge in [0.15, 0.2) is 16.1 Å². The Morgan fingerprint density at radius 3 is 2.25 bits per heavy atom. The van der Waals surface area contributed by atoms with Gasteiger partial charge in [0, 0.05) is 13.0 Å². The van der Waals surface area contributed by atoms with Crippen LogP contribution in [0.3, 0.4) is 0 Å². The summed E-state index contributed by atoms with van der Waals surface area (Å²) in [6.07, 6.45) is 0.0107. The lowest BCUT2D eigenvalue weighted by Crippen LogP contribution is -2.37. The van der Waals surface area contributed by atoms with Crippen molar-refractivity contribution in [1.82, 2.24) is 0 Å². The van der Waals surface area contributed by atoms with Crippen LogP contribution in [0.2, 0.25) is 0 Å². The van der Waals surface area contributed by atoms with Crippen LogP contribution in [-0.4, -0.2) is 26.6 Å². The topological polar surface area (TPSA) is 52.6 Å². The van der Waals surface area contributed by atoms with E-state index in [2.05, 4.69) is 0 Å². The number of sulfone groups is 1. The fourth-order valence-corrected chi connectivity index (χ4v) is 4.84. The quantitative estimate of drug-likeness (QED) is 0.827. The zero-order valence-electron chi connectivity index (χ0n) is 13.7. The van der Waals surface area contributed by atoms with E-state index in [-0.39, 0.29) is 6.10 Å². The maximum atomic E-state index is 13.0. The molecule has 0 saturated carbocycles. The normalized spacial score (nSPS) is 24.6. The molecule has 1 aliphatic rings. The lowest BCUT2D eigenvalue weighted by Gasteiger charge is -2.35. The average molecular weight is 346 g/mol. The molecule has 128 valence electrons. The average Bonchev–Trinajstić information content (AvgIpc) is 2.63. The van der Waals surface area contributed by atoms with Crippen molar-refractivity contribution in [2.45, 2.75) is 42.3 Å². The minimum absolute atomic E-state index is 0.278. The molecule has 1 heterocycles. The summed E-state index contributed by atoms with van der Waals surface area (Å²) < 4.78 is 37.6. The lowest BCUT2D eigenvalue weighted by molar-refractivity contribution is -0.192. The monoisotopic (exact) mass is 346 g/mol. The van der Waals surface area contributed by atoms with Crippen LogP contribution in [0.4, 0.5) is 0 Å². The molecule has 0 amide bonds. The molecular weight excluding hydrogens is 324 g/mol. The lowest BCUT2D eigenvalue weighted by atomic mass is 10.0. The number of hydrogen-bond donors (Lipinski definition) is 0. The van der Waals surface area contributed by atoms with Gasteiger partial charge >= 0.3 is 0 Å². The highest BCUT2D eigenvalue weighted by atomic mass is 32.2. The van der Waals surface area contributed by atoms with Crippen molar-refractivity contribution in [2.24, 2.45) is 0 Å². The van der Waals surface area contributed by atoms with Crippen molar-refractivity contribution in [3.63, 3.8) is 0 Å². The Morgan fingerprint density at radius 2 is 1.62 bits per heavy atom. The fourth-order valence-electron chi connectivity index (χ4n) is 3.08. The molecular formula is C19H22O4S. The summed E-state index contributed by atoms with van der Waals surface area (Å²) in [5, 5.41) is -0.518. The second-order valence-electron chi connectivity index (χ2n) is 5.87. The Morgan fingerprint density at radius 1 is 1.00 bits per heavy atom. The largest absolute Gasteiger partial charge is 0.353 e. The van der Waals surface area contributed by atoms with E-state index in [9.17, 15) is 8.42 Å². The van der Waals surface area contributed by atoms with Crippen molar-refractivity contribution >= 4 is 9.84 Å². The Labute approximate surface area is 143 Å². The van der Waals surface area contributed by atoms with Crippen molar-refractivity contribution in [3.05, 3.63) is 66.2 Å². The van der Waals surface area contributed by atoms with E-state index in [1.54, 1.807) is 24.3 Å². The highest BCUT2D eigenvalue weighted by Crippen LogP contribution is 2.36. The summed E-state index contributed by atoms with van der Waals surface area (Å²) in [6, 6.07) is 18.4. The first kappa shape index (κ1) is 17.1. The Balaban J connectivity index is 1.89. The van der Waals surface area contributed by atoms with Crippen molar-refractivity contribution < 1.29 is 17.9 Å². The van der Waals surface area contributed by atoms with E-state index in [1.807, 2.05) is 43.3 Å². The molecule has 1 saturated heterocycles. The zero-order valence-corrected chi connectivity index (χ0v) is 14.5. The molecule has 0 unspecified atom stereocenters. The second kappa shape index (κ2) is 7.47. The Bertz CT molecular complexity index is 743. The van der Waals surface area contributed by atoms with Crippen LogP contribution >= 0.6 is 0 Å². The van der Waals surface area contributed by atoms with Gasteiger partial charge in [-0.05, 0) is 31.0 Å². The number of benzene rings is 2. The highest BCUT2D eigenvalue weighted by Gasteiger charge is 2.38.